The van der Waals surface area contributed by atoms with Crippen LogP contribution in [0.25, 0.3) is 0 Å². The van der Waals surface area contributed by atoms with E-state index in [0.29, 0.717) is 22.9 Å². The molecule has 1 amide bonds. The zero-order valence-electron chi connectivity index (χ0n) is 10.1. The van der Waals surface area contributed by atoms with Crippen LogP contribution in [0.3, 0.4) is 0 Å². The third-order valence-electron chi connectivity index (χ3n) is 3.17. The third kappa shape index (κ3) is 3.32. The lowest BCUT2D eigenvalue weighted by Gasteiger charge is -2.12. The molecule has 102 valence electrons. The quantitative estimate of drug-likeness (QED) is 0.870. The van der Waals surface area contributed by atoms with Crippen LogP contribution in [0.15, 0.2) is 22.7 Å². The van der Waals surface area contributed by atoms with Crippen molar-refractivity contribution in [3.63, 3.8) is 0 Å². The van der Waals surface area contributed by atoms with Crippen LogP contribution in [-0.4, -0.2) is 22.5 Å². The molecule has 0 bridgehead atoms. The minimum Gasteiger partial charge on any atom is -0.480 e. The Morgan fingerprint density at radius 3 is 2.63 bits per heavy atom. The van der Waals surface area contributed by atoms with E-state index in [1.165, 1.54) is 6.07 Å². The summed E-state index contributed by atoms with van der Waals surface area (Å²) in [6.45, 7) is 0. The summed E-state index contributed by atoms with van der Waals surface area (Å²) in [6, 6.07) is 4.65. The molecule has 1 saturated carbocycles. The Labute approximate surface area is 118 Å². The van der Waals surface area contributed by atoms with Crippen LogP contribution < -0.4 is 5.32 Å². The first-order valence-corrected chi connectivity index (χ1v) is 6.71. The molecule has 1 aromatic carbocycles. The second-order valence-corrected chi connectivity index (χ2v) is 5.59. The van der Waals surface area contributed by atoms with Gasteiger partial charge in [-0.3, -0.25) is 4.79 Å². The van der Waals surface area contributed by atoms with Crippen molar-refractivity contribution in [2.45, 2.75) is 31.2 Å². The fourth-order valence-electron chi connectivity index (χ4n) is 1.82. The van der Waals surface area contributed by atoms with Crippen LogP contribution in [-0.2, 0) is 16.0 Å². The molecule has 2 rings (SSSR count). The van der Waals surface area contributed by atoms with Gasteiger partial charge in [-0.05, 0) is 37.0 Å². The maximum atomic E-state index is 13.5. The Morgan fingerprint density at radius 2 is 2.11 bits per heavy atom. The predicted octanol–water partition coefficient (Wildman–Crippen LogP) is 2.25. The van der Waals surface area contributed by atoms with E-state index in [-0.39, 0.29) is 24.6 Å². The molecule has 1 aliphatic rings. The number of aliphatic carboxylic acids is 1. The van der Waals surface area contributed by atoms with Crippen LogP contribution in [0.5, 0.6) is 0 Å². The molecule has 0 aromatic heterocycles. The highest BCUT2D eigenvalue weighted by atomic mass is 79.9. The van der Waals surface area contributed by atoms with Crippen LogP contribution in [0.1, 0.15) is 24.8 Å². The molecule has 1 aromatic rings. The molecule has 0 heterocycles. The number of carboxylic acids is 1. The number of aryl methyl sites for hydroxylation is 1. The number of carbonyl (C=O) groups excluding carboxylic acids is 1. The molecule has 1 fully saturated rings. The van der Waals surface area contributed by atoms with Gasteiger partial charge in [-0.1, -0.05) is 22.0 Å². The van der Waals surface area contributed by atoms with Gasteiger partial charge in [0.15, 0.2) is 0 Å². The smallest absolute Gasteiger partial charge is 0.329 e. The van der Waals surface area contributed by atoms with Crippen LogP contribution >= 0.6 is 15.9 Å². The molecule has 0 aliphatic heterocycles. The standard InChI is InChI=1S/C13H13BrFNO3/c14-9-3-1-8(10(15)7-9)2-4-11(17)16-13(5-6-13)12(18)19/h1,3,7H,2,4-6H2,(H,16,17)(H,18,19). The van der Waals surface area contributed by atoms with Crippen LogP contribution in [0, 0.1) is 5.82 Å². The van der Waals surface area contributed by atoms with Gasteiger partial charge in [-0.15, -0.1) is 0 Å². The Bertz CT molecular complexity index is 529. The van der Waals surface area contributed by atoms with Crippen molar-refractivity contribution in [2.24, 2.45) is 0 Å². The fraction of sp³-hybridized carbons (Fsp3) is 0.385. The van der Waals surface area contributed by atoms with Gasteiger partial charge in [0, 0.05) is 10.9 Å². The molecular formula is C13H13BrFNO3. The molecule has 1 aliphatic carbocycles. The SMILES string of the molecule is O=C(CCc1ccc(Br)cc1F)NC1(C(=O)O)CC1. The molecule has 0 unspecified atom stereocenters. The van der Waals surface area contributed by atoms with E-state index in [1.807, 2.05) is 0 Å². The van der Waals surface area contributed by atoms with Gasteiger partial charge in [0.1, 0.15) is 11.4 Å². The fourth-order valence-corrected chi connectivity index (χ4v) is 2.15. The molecule has 6 heteroatoms. The number of carbonyl (C=O) groups is 2. The highest BCUT2D eigenvalue weighted by molar-refractivity contribution is 9.10. The number of halogens is 2. The van der Waals surface area contributed by atoms with Gasteiger partial charge in [0.25, 0.3) is 0 Å². The van der Waals surface area contributed by atoms with E-state index < -0.39 is 11.5 Å². The Morgan fingerprint density at radius 1 is 1.42 bits per heavy atom. The molecule has 0 saturated heterocycles. The van der Waals surface area contributed by atoms with E-state index in [4.69, 9.17) is 5.11 Å². The molecule has 19 heavy (non-hydrogen) atoms. The van der Waals surface area contributed by atoms with E-state index in [9.17, 15) is 14.0 Å². The van der Waals surface area contributed by atoms with Gasteiger partial charge >= 0.3 is 5.97 Å². The summed E-state index contributed by atoms with van der Waals surface area (Å²) in [5.74, 6) is -1.74. The predicted molar refractivity (Wildman–Crippen MR) is 70.2 cm³/mol. The molecule has 0 spiro atoms. The lowest BCUT2D eigenvalue weighted by Crippen LogP contribution is -2.43. The van der Waals surface area contributed by atoms with E-state index in [0.717, 1.165) is 0 Å². The second kappa shape index (κ2) is 5.28. The average molecular weight is 330 g/mol. The lowest BCUT2D eigenvalue weighted by molar-refractivity contribution is -0.143. The van der Waals surface area contributed by atoms with E-state index >= 15 is 0 Å². The van der Waals surface area contributed by atoms with Gasteiger partial charge in [0.05, 0.1) is 0 Å². The van der Waals surface area contributed by atoms with E-state index in [2.05, 4.69) is 21.2 Å². The van der Waals surface area contributed by atoms with Crippen LogP contribution in [0.2, 0.25) is 0 Å². The first-order chi connectivity index (χ1) is 8.93. The number of hydrogen-bond acceptors (Lipinski definition) is 2. The summed E-state index contributed by atoms with van der Waals surface area (Å²) in [5.41, 5.74) is -0.631. The van der Waals surface area contributed by atoms with Gasteiger partial charge in [-0.25, -0.2) is 9.18 Å². The summed E-state index contributed by atoms with van der Waals surface area (Å²) in [7, 11) is 0. The number of amides is 1. The maximum absolute atomic E-state index is 13.5. The number of hydrogen-bond donors (Lipinski definition) is 2. The van der Waals surface area contributed by atoms with Crippen molar-refractivity contribution in [1.29, 1.82) is 0 Å². The lowest BCUT2D eigenvalue weighted by atomic mass is 10.1. The summed E-state index contributed by atoms with van der Waals surface area (Å²) in [5, 5.41) is 11.4. The highest BCUT2D eigenvalue weighted by Gasteiger charge is 2.51. The van der Waals surface area contributed by atoms with Crippen molar-refractivity contribution in [2.75, 3.05) is 0 Å². The summed E-state index contributed by atoms with van der Waals surface area (Å²) in [6.07, 6.45) is 1.25. The minimum atomic E-state index is -1.07. The van der Waals surface area contributed by atoms with Gasteiger partial charge < -0.3 is 10.4 Å². The molecule has 0 atom stereocenters. The van der Waals surface area contributed by atoms with E-state index in [1.54, 1.807) is 12.1 Å². The summed E-state index contributed by atoms with van der Waals surface area (Å²) < 4.78 is 14.2. The number of benzene rings is 1. The van der Waals surface area contributed by atoms with Crippen molar-refractivity contribution >= 4 is 27.8 Å². The van der Waals surface area contributed by atoms with Gasteiger partial charge in [0.2, 0.25) is 5.91 Å². The molecular weight excluding hydrogens is 317 g/mol. The maximum Gasteiger partial charge on any atom is 0.329 e. The van der Waals surface area contributed by atoms with Crippen molar-refractivity contribution < 1.29 is 19.1 Å². The number of rotatable bonds is 5. The molecule has 2 N–H and O–H groups in total. The Kier molecular flexibility index (Phi) is 3.89. The van der Waals surface area contributed by atoms with Gasteiger partial charge in [-0.2, -0.15) is 0 Å². The average Bonchev–Trinajstić information content (AvgIpc) is 3.09. The third-order valence-corrected chi connectivity index (χ3v) is 3.67. The zero-order valence-corrected chi connectivity index (χ0v) is 11.7. The van der Waals surface area contributed by atoms with Crippen molar-refractivity contribution in [3.05, 3.63) is 34.1 Å². The molecule has 0 radical (unpaired) electrons. The van der Waals surface area contributed by atoms with Crippen molar-refractivity contribution in [3.8, 4) is 0 Å². The first-order valence-electron chi connectivity index (χ1n) is 5.91. The second-order valence-electron chi connectivity index (χ2n) is 4.67. The number of nitrogens with one attached hydrogen (secondary N) is 1. The normalized spacial score (nSPS) is 15.9. The molecule has 4 nitrogen and oxygen atoms in total. The highest BCUT2D eigenvalue weighted by Crippen LogP contribution is 2.35. The largest absolute Gasteiger partial charge is 0.480 e. The Balaban J connectivity index is 1.89. The number of carboxylic acid groups (broad SMARTS) is 1. The monoisotopic (exact) mass is 329 g/mol. The first kappa shape index (κ1) is 14.0. The van der Waals surface area contributed by atoms with Crippen LogP contribution in [0.4, 0.5) is 4.39 Å². The van der Waals surface area contributed by atoms with Crippen molar-refractivity contribution in [1.82, 2.24) is 5.32 Å². The minimum absolute atomic E-state index is 0.0770. The summed E-state index contributed by atoms with van der Waals surface area (Å²) >= 11 is 3.16. The topological polar surface area (TPSA) is 66.4 Å². The summed E-state index contributed by atoms with van der Waals surface area (Å²) in [4.78, 5) is 22.6. The Hall–Kier alpha value is -1.43. The zero-order chi connectivity index (χ0) is 14.0.